The highest BCUT2D eigenvalue weighted by Gasteiger charge is 2.33. The second kappa shape index (κ2) is 12.5. The van der Waals surface area contributed by atoms with Crippen LogP contribution < -0.4 is 5.73 Å². The Kier molecular flexibility index (Phi) is 8.89. The summed E-state index contributed by atoms with van der Waals surface area (Å²) in [4.78, 5) is 17.9. The molecule has 1 aliphatic rings. The minimum Gasteiger partial charge on any atom is -0.340 e. The largest absolute Gasteiger partial charge is 0.340 e. The fourth-order valence-electron chi connectivity index (χ4n) is 4.84. The third kappa shape index (κ3) is 6.55. The van der Waals surface area contributed by atoms with Crippen LogP contribution in [0.1, 0.15) is 36.8 Å². The molecule has 0 spiro atoms. The highest BCUT2D eigenvalue weighted by molar-refractivity contribution is 5.83. The molecule has 0 aromatic heterocycles. The van der Waals surface area contributed by atoms with Crippen molar-refractivity contribution in [3.63, 3.8) is 0 Å². The van der Waals surface area contributed by atoms with E-state index >= 15 is 0 Å². The average Bonchev–Trinajstić information content (AvgIpc) is 2.88. The topological polar surface area (TPSA) is 49.6 Å². The number of carbonyl (C=O) groups excluding carboxylic acids is 1. The van der Waals surface area contributed by atoms with Gasteiger partial charge in [0.1, 0.15) is 0 Å². The van der Waals surface area contributed by atoms with Crippen molar-refractivity contribution in [2.24, 2.45) is 5.73 Å². The van der Waals surface area contributed by atoms with E-state index in [1.807, 2.05) is 6.07 Å². The quantitative estimate of drug-likeness (QED) is 0.408. The summed E-state index contributed by atoms with van der Waals surface area (Å²) in [6.07, 6.45) is 9.11. The first kappa shape index (κ1) is 24.2. The van der Waals surface area contributed by atoms with Crippen molar-refractivity contribution >= 4 is 22.8 Å². The first-order valence-corrected chi connectivity index (χ1v) is 12.7. The molecular formula is C30H37N3O. The van der Waals surface area contributed by atoms with Gasteiger partial charge in [0.15, 0.2) is 0 Å². The molecule has 178 valence electrons. The molecular weight excluding hydrogens is 418 g/mol. The molecule has 0 unspecified atom stereocenters. The van der Waals surface area contributed by atoms with Gasteiger partial charge in [-0.1, -0.05) is 91.4 Å². The van der Waals surface area contributed by atoms with Crippen LogP contribution in [-0.4, -0.2) is 54.5 Å². The van der Waals surface area contributed by atoms with Gasteiger partial charge in [-0.25, -0.2) is 0 Å². The molecule has 0 aliphatic carbocycles. The van der Waals surface area contributed by atoms with E-state index in [0.29, 0.717) is 6.54 Å². The number of piperazine rings is 1. The van der Waals surface area contributed by atoms with Gasteiger partial charge in [0.05, 0.1) is 6.04 Å². The summed E-state index contributed by atoms with van der Waals surface area (Å²) in [5.41, 5.74) is 8.24. The van der Waals surface area contributed by atoms with Crippen LogP contribution in [0.3, 0.4) is 0 Å². The summed E-state index contributed by atoms with van der Waals surface area (Å²) < 4.78 is 0. The lowest BCUT2D eigenvalue weighted by Gasteiger charge is -2.41. The van der Waals surface area contributed by atoms with Crippen molar-refractivity contribution in [1.29, 1.82) is 0 Å². The monoisotopic (exact) mass is 455 g/mol. The second-order valence-electron chi connectivity index (χ2n) is 9.19. The molecule has 1 atom stereocenters. The van der Waals surface area contributed by atoms with Crippen LogP contribution in [-0.2, 0) is 11.2 Å². The summed E-state index contributed by atoms with van der Waals surface area (Å²) in [7, 11) is 0. The molecule has 4 rings (SSSR count). The van der Waals surface area contributed by atoms with Crippen molar-refractivity contribution in [2.75, 3.05) is 32.7 Å². The number of nitrogens with two attached hydrogens (primary N) is 1. The van der Waals surface area contributed by atoms with Crippen molar-refractivity contribution in [1.82, 2.24) is 9.80 Å². The van der Waals surface area contributed by atoms with Gasteiger partial charge in [-0.3, -0.25) is 9.69 Å². The molecule has 0 bridgehead atoms. The Labute approximate surface area is 204 Å². The third-order valence-corrected chi connectivity index (χ3v) is 6.80. The normalized spacial score (nSPS) is 17.1. The van der Waals surface area contributed by atoms with Gasteiger partial charge in [0.25, 0.3) is 0 Å². The van der Waals surface area contributed by atoms with Crippen LogP contribution in [0.2, 0.25) is 0 Å². The minimum absolute atomic E-state index is 0.0259. The summed E-state index contributed by atoms with van der Waals surface area (Å²) in [6.45, 7) is 4.14. The molecule has 3 aromatic carbocycles. The number of carbonyl (C=O) groups is 1. The molecule has 3 aromatic rings. The predicted octanol–water partition coefficient (Wildman–Crippen LogP) is 5.13. The predicted molar refractivity (Wildman–Crippen MR) is 143 cm³/mol. The van der Waals surface area contributed by atoms with E-state index in [9.17, 15) is 4.79 Å². The molecule has 34 heavy (non-hydrogen) atoms. The summed E-state index contributed by atoms with van der Waals surface area (Å²) >= 11 is 0. The second-order valence-corrected chi connectivity index (χ2v) is 9.19. The zero-order valence-electron chi connectivity index (χ0n) is 20.1. The molecule has 4 heteroatoms. The number of hydrogen-bond acceptors (Lipinski definition) is 3. The summed E-state index contributed by atoms with van der Waals surface area (Å²) in [5.74, 6) is 0.288. The van der Waals surface area contributed by atoms with Crippen LogP contribution in [0.25, 0.3) is 16.8 Å². The van der Waals surface area contributed by atoms with E-state index in [2.05, 4.69) is 88.7 Å². The van der Waals surface area contributed by atoms with E-state index in [-0.39, 0.29) is 11.9 Å². The minimum atomic E-state index is -0.0259. The van der Waals surface area contributed by atoms with Gasteiger partial charge < -0.3 is 10.6 Å². The maximum Gasteiger partial charge on any atom is 0.239 e. The molecule has 0 radical (unpaired) electrons. The Balaban J connectivity index is 1.34. The van der Waals surface area contributed by atoms with E-state index in [1.54, 1.807) is 0 Å². The van der Waals surface area contributed by atoms with Crippen molar-refractivity contribution < 1.29 is 4.79 Å². The first-order valence-electron chi connectivity index (χ1n) is 12.7. The van der Waals surface area contributed by atoms with Crippen LogP contribution in [0.4, 0.5) is 0 Å². The number of unbranched alkanes of at least 4 members (excludes halogenated alkanes) is 1. The summed E-state index contributed by atoms with van der Waals surface area (Å²) in [6, 6.07) is 25.4. The Bertz CT molecular complexity index is 1080. The average molecular weight is 456 g/mol. The first-order chi connectivity index (χ1) is 16.7. The number of amides is 1. The maximum absolute atomic E-state index is 13.5. The molecule has 1 saturated heterocycles. The Morgan fingerprint density at radius 3 is 2.50 bits per heavy atom. The lowest BCUT2D eigenvalue weighted by molar-refractivity contribution is -0.142. The fraction of sp³-hybridized carbons (Fsp3) is 0.367. The molecule has 1 aliphatic heterocycles. The van der Waals surface area contributed by atoms with Crippen molar-refractivity contribution in [3.8, 4) is 0 Å². The lowest BCUT2D eigenvalue weighted by atomic mass is 10.0. The smallest absolute Gasteiger partial charge is 0.239 e. The van der Waals surface area contributed by atoms with E-state index in [0.717, 1.165) is 58.3 Å². The third-order valence-electron chi connectivity index (χ3n) is 6.80. The molecule has 1 fully saturated rings. The van der Waals surface area contributed by atoms with E-state index < -0.39 is 0 Å². The Morgan fingerprint density at radius 2 is 1.68 bits per heavy atom. The number of hydrogen-bond donors (Lipinski definition) is 1. The highest BCUT2D eigenvalue weighted by atomic mass is 16.2. The number of fused-ring (bicyclic) bond motifs is 1. The molecule has 1 heterocycles. The number of nitrogens with zero attached hydrogens (tertiary/aromatic N) is 2. The van der Waals surface area contributed by atoms with Gasteiger partial charge in [0, 0.05) is 26.2 Å². The molecule has 0 saturated carbocycles. The molecule has 4 nitrogen and oxygen atoms in total. The standard InChI is InChI=1S/C30H37N3O/c31-19-8-6-15-29-30(34)33(21-18-26-16-17-27-13-4-5-14-28(27)24-26)23-22-32(29)20-9-7-12-25-10-2-1-3-11-25/h1-5,7,10-14,16-17,24,29H,6,8-9,15,18-23,31H2/b12-7+/t29-/m0/s1. The fourth-order valence-corrected chi connectivity index (χ4v) is 4.84. The highest BCUT2D eigenvalue weighted by Crippen LogP contribution is 2.20. The maximum atomic E-state index is 13.5. The van der Waals surface area contributed by atoms with Crippen LogP contribution in [0.15, 0.2) is 78.9 Å². The molecule has 1 amide bonds. The van der Waals surface area contributed by atoms with Gasteiger partial charge in [0.2, 0.25) is 5.91 Å². The number of rotatable bonds is 11. The molecule has 2 N–H and O–H groups in total. The van der Waals surface area contributed by atoms with Crippen molar-refractivity contribution in [3.05, 3.63) is 90.0 Å². The zero-order valence-corrected chi connectivity index (χ0v) is 20.1. The van der Waals surface area contributed by atoms with Crippen molar-refractivity contribution in [2.45, 2.75) is 38.1 Å². The van der Waals surface area contributed by atoms with Gasteiger partial charge in [-0.15, -0.1) is 0 Å². The van der Waals surface area contributed by atoms with Gasteiger partial charge >= 0.3 is 0 Å². The lowest BCUT2D eigenvalue weighted by Crippen LogP contribution is -2.57. The van der Waals surface area contributed by atoms with Crippen LogP contribution >= 0.6 is 0 Å². The van der Waals surface area contributed by atoms with Gasteiger partial charge in [-0.05, 0) is 54.1 Å². The van der Waals surface area contributed by atoms with Crippen LogP contribution in [0, 0.1) is 0 Å². The van der Waals surface area contributed by atoms with E-state index in [4.69, 9.17) is 5.73 Å². The Hall–Kier alpha value is -2.95. The summed E-state index contributed by atoms with van der Waals surface area (Å²) in [5, 5.41) is 2.52. The Morgan fingerprint density at radius 1 is 0.882 bits per heavy atom. The zero-order chi connectivity index (χ0) is 23.6. The number of benzene rings is 3. The van der Waals surface area contributed by atoms with Gasteiger partial charge in [-0.2, -0.15) is 0 Å². The van der Waals surface area contributed by atoms with E-state index in [1.165, 1.54) is 21.9 Å². The SMILES string of the molecule is NCCCC[C@H]1C(=O)N(CCc2ccc3ccccc3c2)CCN1CC/C=C/c1ccccc1. The van der Waals surface area contributed by atoms with Crippen LogP contribution in [0.5, 0.6) is 0 Å².